The molecule has 204 valence electrons. The molecule has 0 saturated carbocycles. The summed E-state index contributed by atoms with van der Waals surface area (Å²) in [6, 6.07) is 13.0. The van der Waals surface area contributed by atoms with Crippen molar-refractivity contribution in [3.05, 3.63) is 53.6 Å². The maximum absolute atomic E-state index is 12.9. The largest absolute Gasteiger partial charge is 0.385 e. The van der Waals surface area contributed by atoms with Crippen LogP contribution in [0.4, 0.5) is 11.4 Å². The highest BCUT2D eigenvalue weighted by atomic mass is 32.2. The number of amides is 2. The highest BCUT2D eigenvalue weighted by Crippen LogP contribution is 2.27. The monoisotopic (exact) mass is 525 g/mol. The second kappa shape index (κ2) is 18.7. The van der Waals surface area contributed by atoms with Gasteiger partial charge >= 0.3 is 0 Å². The molecule has 0 spiro atoms. The van der Waals surface area contributed by atoms with Crippen molar-refractivity contribution in [2.75, 3.05) is 30.0 Å². The van der Waals surface area contributed by atoms with Crippen molar-refractivity contribution in [1.29, 1.82) is 0 Å². The van der Waals surface area contributed by atoms with Gasteiger partial charge in [-0.2, -0.15) is 0 Å². The highest BCUT2D eigenvalue weighted by Gasteiger charge is 2.13. The third-order valence-electron chi connectivity index (χ3n) is 6.53. The lowest BCUT2D eigenvalue weighted by atomic mass is 10.1. The van der Waals surface area contributed by atoms with Gasteiger partial charge in [0, 0.05) is 34.8 Å². The Balaban J connectivity index is 1.76. The Morgan fingerprint density at radius 2 is 1.27 bits per heavy atom. The summed E-state index contributed by atoms with van der Waals surface area (Å²) < 4.78 is 0. The van der Waals surface area contributed by atoms with Gasteiger partial charge in [-0.1, -0.05) is 78.1 Å². The molecule has 0 saturated heterocycles. The van der Waals surface area contributed by atoms with E-state index in [1.54, 1.807) is 23.9 Å². The molecule has 0 aliphatic carbocycles. The van der Waals surface area contributed by atoms with Crippen molar-refractivity contribution < 1.29 is 9.59 Å². The minimum atomic E-state index is -0.180. The maximum Gasteiger partial charge on any atom is 0.255 e. The minimum absolute atomic E-state index is 0.116. The van der Waals surface area contributed by atoms with Gasteiger partial charge in [0.05, 0.1) is 5.69 Å². The van der Waals surface area contributed by atoms with Gasteiger partial charge in [-0.3, -0.25) is 9.59 Å². The van der Waals surface area contributed by atoms with E-state index < -0.39 is 0 Å². The second-order valence-electron chi connectivity index (χ2n) is 9.66. The van der Waals surface area contributed by atoms with Gasteiger partial charge in [0.2, 0.25) is 0 Å². The van der Waals surface area contributed by atoms with Crippen LogP contribution in [0.3, 0.4) is 0 Å². The van der Waals surface area contributed by atoms with E-state index in [2.05, 4.69) is 29.8 Å². The van der Waals surface area contributed by atoms with Crippen molar-refractivity contribution >= 4 is 35.0 Å². The predicted molar refractivity (Wildman–Crippen MR) is 160 cm³/mol. The number of benzene rings is 2. The first-order chi connectivity index (χ1) is 18.1. The van der Waals surface area contributed by atoms with Gasteiger partial charge in [-0.05, 0) is 61.6 Å². The van der Waals surface area contributed by atoms with Crippen LogP contribution in [-0.2, 0) is 0 Å². The van der Waals surface area contributed by atoms with E-state index in [1.807, 2.05) is 36.6 Å². The maximum atomic E-state index is 12.9. The Bertz CT molecular complexity index is 931. The van der Waals surface area contributed by atoms with Gasteiger partial charge in [0.1, 0.15) is 0 Å². The summed E-state index contributed by atoms with van der Waals surface area (Å²) in [6.45, 7) is 5.96. The van der Waals surface area contributed by atoms with Gasteiger partial charge < -0.3 is 16.0 Å². The lowest BCUT2D eigenvalue weighted by Crippen LogP contribution is -2.24. The Hall–Kier alpha value is -2.47. The molecule has 2 rings (SSSR count). The van der Waals surface area contributed by atoms with Crippen molar-refractivity contribution in [3.63, 3.8) is 0 Å². The number of thioether (sulfide) groups is 1. The molecule has 0 bridgehead atoms. The number of anilines is 2. The molecule has 0 radical (unpaired) electrons. The fourth-order valence-electron chi connectivity index (χ4n) is 4.21. The van der Waals surface area contributed by atoms with E-state index >= 15 is 0 Å². The molecular formula is C31H47N3O2S. The van der Waals surface area contributed by atoms with Crippen LogP contribution in [0.5, 0.6) is 0 Å². The molecule has 0 atom stereocenters. The number of hydrogen-bond donors (Lipinski definition) is 3. The average Bonchev–Trinajstić information content (AvgIpc) is 2.92. The number of carbonyl (C=O) groups is 2. The van der Waals surface area contributed by atoms with Crippen LogP contribution >= 0.6 is 11.8 Å². The van der Waals surface area contributed by atoms with Gasteiger partial charge in [-0.25, -0.2) is 0 Å². The molecule has 2 aromatic rings. The summed E-state index contributed by atoms with van der Waals surface area (Å²) in [7, 11) is 0. The molecule has 0 aliphatic rings. The van der Waals surface area contributed by atoms with E-state index in [1.165, 1.54) is 57.8 Å². The molecule has 0 fully saturated rings. The first kappa shape index (κ1) is 30.8. The first-order valence-corrected chi connectivity index (χ1v) is 15.4. The van der Waals surface area contributed by atoms with Crippen molar-refractivity contribution in [2.24, 2.45) is 0 Å². The number of rotatable bonds is 19. The van der Waals surface area contributed by atoms with Crippen LogP contribution in [0, 0.1) is 0 Å². The molecule has 2 aromatic carbocycles. The minimum Gasteiger partial charge on any atom is -0.385 e. The summed E-state index contributed by atoms with van der Waals surface area (Å²) in [5.41, 5.74) is 2.83. The normalized spacial score (nSPS) is 10.8. The molecule has 6 heteroatoms. The SMILES string of the molecule is CCCCCCCCCCCCNc1ccc(C(=O)Nc2cc(C(=O)NCCCC)ccc2SC)cc1. The number of nitrogens with one attached hydrogen (secondary N) is 3. The summed E-state index contributed by atoms with van der Waals surface area (Å²) >= 11 is 1.54. The van der Waals surface area contributed by atoms with Crippen molar-refractivity contribution in [3.8, 4) is 0 Å². The van der Waals surface area contributed by atoms with Crippen LogP contribution < -0.4 is 16.0 Å². The van der Waals surface area contributed by atoms with Crippen LogP contribution in [0.1, 0.15) is 112 Å². The summed E-state index contributed by atoms with van der Waals surface area (Å²) in [5.74, 6) is -0.297. The zero-order chi connectivity index (χ0) is 26.7. The predicted octanol–water partition coefficient (Wildman–Crippen LogP) is 8.52. The molecule has 0 heterocycles. The molecule has 0 aliphatic heterocycles. The van der Waals surface area contributed by atoms with Crippen LogP contribution in [0.25, 0.3) is 0 Å². The quantitative estimate of drug-likeness (QED) is 0.127. The van der Waals surface area contributed by atoms with Gasteiger partial charge in [-0.15, -0.1) is 11.8 Å². The zero-order valence-corrected chi connectivity index (χ0v) is 24.0. The highest BCUT2D eigenvalue weighted by molar-refractivity contribution is 7.98. The van der Waals surface area contributed by atoms with E-state index in [0.29, 0.717) is 23.4 Å². The number of hydrogen-bond acceptors (Lipinski definition) is 4. The summed E-state index contributed by atoms with van der Waals surface area (Å²) in [5, 5.41) is 9.39. The van der Waals surface area contributed by atoms with E-state index in [4.69, 9.17) is 0 Å². The number of carbonyl (C=O) groups excluding carboxylic acids is 2. The van der Waals surface area contributed by atoms with Crippen LogP contribution in [0.2, 0.25) is 0 Å². The Morgan fingerprint density at radius 3 is 1.89 bits per heavy atom. The standard InChI is InChI=1S/C31H47N3O2S/c1-4-6-8-9-10-11-12-13-14-15-23-32-27-19-16-25(17-20-27)31(36)34-28-24-26(18-21-29(28)37-3)30(35)33-22-7-5-2/h16-21,24,32H,4-15,22-23H2,1-3H3,(H,33,35)(H,34,36). The Kier molecular flexibility index (Phi) is 15.6. The summed E-state index contributed by atoms with van der Waals surface area (Å²) in [4.78, 5) is 26.3. The molecule has 0 unspecified atom stereocenters. The molecule has 0 aromatic heterocycles. The van der Waals surface area contributed by atoms with Gasteiger partial charge in [0.15, 0.2) is 0 Å². The average molecular weight is 526 g/mol. The zero-order valence-electron chi connectivity index (χ0n) is 23.2. The molecular weight excluding hydrogens is 478 g/mol. The lowest BCUT2D eigenvalue weighted by Gasteiger charge is -2.13. The summed E-state index contributed by atoms with van der Waals surface area (Å²) in [6.07, 6.45) is 17.3. The van der Waals surface area contributed by atoms with E-state index in [9.17, 15) is 9.59 Å². The Morgan fingerprint density at radius 1 is 0.676 bits per heavy atom. The first-order valence-electron chi connectivity index (χ1n) is 14.2. The van der Waals surface area contributed by atoms with Gasteiger partial charge in [0.25, 0.3) is 11.8 Å². The van der Waals surface area contributed by atoms with Crippen LogP contribution in [0.15, 0.2) is 47.4 Å². The molecule has 3 N–H and O–H groups in total. The lowest BCUT2D eigenvalue weighted by molar-refractivity contribution is 0.0951. The smallest absolute Gasteiger partial charge is 0.255 e. The van der Waals surface area contributed by atoms with Crippen molar-refractivity contribution in [1.82, 2.24) is 5.32 Å². The Labute approximate surface area is 229 Å². The second-order valence-corrected chi connectivity index (χ2v) is 10.5. The van der Waals surface area contributed by atoms with Crippen LogP contribution in [-0.4, -0.2) is 31.2 Å². The van der Waals surface area contributed by atoms with E-state index in [0.717, 1.165) is 36.4 Å². The fraction of sp³-hybridized carbons (Fsp3) is 0.548. The molecule has 5 nitrogen and oxygen atoms in total. The van der Waals surface area contributed by atoms with E-state index in [-0.39, 0.29) is 11.8 Å². The topological polar surface area (TPSA) is 70.2 Å². The third-order valence-corrected chi connectivity index (χ3v) is 7.33. The van der Waals surface area contributed by atoms with Crippen molar-refractivity contribution in [2.45, 2.75) is 95.8 Å². The molecule has 37 heavy (non-hydrogen) atoms. The molecule has 2 amide bonds. The fourth-order valence-corrected chi connectivity index (χ4v) is 4.74. The third kappa shape index (κ3) is 12.1. The number of unbranched alkanes of at least 4 members (excludes halogenated alkanes) is 10.